The van der Waals surface area contributed by atoms with Crippen molar-refractivity contribution >= 4 is 16.8 Å². The average Bonchev–Trinajstić information content (AvgIpc) is 2.34. The lowest BCUT2D eigenvalue weighted by Crippen LogP contribution is -2.07. The smallest absolute Gasteiger partial charge is 0.0677 e. The monoisotopic (exact) mass is 157 g/mol. The van der Waals surface area contributed by atoms with E-state index in [1.807, 2.05) is 0 Å². The van der Waals surface area contributed by atoms with Crippen molar-refractivity contribution in [2.75, 3.05) is 6.26 Å². The summed E-state index contributed by atoms with van der Waals surface area (Å²) in [6, 6.07) is 0.613. The van der Waals surface area contributed by atoms with Gasteiger partial charge in [-0.25, -0.2) is 0 Å². The first-order valence-electron chi connectivity index (χ1n) is 3.84. The van der Waals surface area contributed by atoms with Gasteiger partial charge in [0.1, 0.15) is 0 Å². The molecule has 10 heavy (non-hydrogen) atoms. The molecule has 0 amide bonds. The summed E-state index contributed by atoms with van der Waals surface area (Å²) in [7, 11) is 0. The number of hydrogen-bond donors (Lipinski definition) is 0. The molecule has 0 aromatic carbocycles. The Morgan fingerprint density at radius 2 is 2.30 bits per heavy atom. The molecular formula is C8H15NS. The molecule has 0 bridgehead atoms. The van der Waals surface area contributed by atoms with Gasteiger partial charge in [-0.1, -0.05) is 13.8 Å². The maximum Gasteiger partial charge on any atom is 0.0677 e. The highest BCUT2D eigenvalue weighted by Gasteiger charge is 2.19. The number of rotatable bonds is 1. The second-order valence-corrected chi connectivity index (χ2v) is 3.96. The minimum Gasteiger partial charge on any atom is -0.279 e. The third-order valence-corrected chi connectivity index (χ3v) is 2.75. The summed E-state index contributed by atoms with van der Waals surface area (Å²) in [5.74, 6) is 0.727. The Bertz CT molecular complexity index is 140. The lowest BCUT2D eigenvalue weighted by Gasteiger charge is -2.08. The van der Waals surface area contributed by atoms with Gasteiger partial charge in [0.05, 0.1) is 11.1 Å². The molecule has 1 nitrogen and oxygen atoms in total. The van der Waals surface area contributed by atoms with Crippen LogP contribution in [0.3, 0.4) is 0 Å². The molecule has 1 aliphatic heterocycles. The lowest BCUT2D eigenvalue weighted by atomic mass is 10.0. The van der Waals surface area contributed by atoms with Gasteiger partial charge >= 0.3 is 0 Å². The van der Waals surface area contributed by atoms with Gasteiger partial charge in [-0.05, 0) is 25.0 Å². The largest absolute Gasteiger partial charge is 0.279 e. The number of aliphatic imine (C=N–C) groups is 1. The van der Waals surface area contributed by atoms with Crippen molar-refractivity contribution in [3.8, 4) is 0 Å². The quantitative estimate of drug-likeness (QED) is 0.570. The summed E-state index contributed by atoms with van der Waals surface area (Å²) in [5, 5.41) is 1.35. The molecule has 0 spiro atoms. The Morgan fingerprint density at radius 1 is 1.60 bits per heavy atom. The molecule has 0 radical (unpaired) electrons. The summed E-state index contributed by atoms with van der Waals surface area (Å²) >= 11 is 1.80. The van der Waals surface area contributed by atoms with Crippen LogP contribution in [0, 0.1) is 5.92 Å². The zero-order chi connectivity index (χ0) is 7.56. The molecule has 2 heteroatoms. The SMILES string of the molecule is CSC1=NC(C(C)C)CC1. The Balaban J connectivity index is 2.47. The Morgan fingerprint density at radius 3 is 2.60 bits per heavy atom. The summed E-state index contributed by atoms with van der Waals surface area (Å²) in [6.45, 7) is 4.49. The van der Waals surface area contributed by atoms with E-state index in [0.717, 1.165) is 5.92 Å². The highest BCUT2D eigenvalue weighted by atomic mass is 32.2. The second kappa shape index (κ2) is 3.42. The molecule has 0 aromatic rings. The number of hydrogen-bond acceptors (Lipinski definition) is 2. The number of nitrogens with zero attached hydrogens (tertiary/aromatic N) is 1. The molecule has 1 heterocycles. The molecule has 0 fully saturated rings. The number of thioether (sulfide) groups is 1. The first-order valence-corrected chi connectivity index (χ1v) is 5.07. The van der Waals surface area contributed by atoms with E-state index in [-0.39, 0.29) is 0 Å². The van der Waals surface area contributed by atoms with Crippen molar-refractivity contribution in [2.45, 2.75) is 32.7 Å². The standard InChI is InChI=1S/C8H15NS/c1-6(2)7-4-5-8(9-7)10-3/h6-7H,4-5H2,1-3H3. The van der Waals surface area contributed by atoms with E-state index >= 15 is 0 Å². The van der Waals surface area contributed by atoms with E-state index in [1.165, 1.54) is 17.9 Å². The van der Waals surface area contributed by atoms with Crippen molar-refractivity contribution in [1.29, 1.82) is 0 Å². The van der Waals surface area contributed by atoms with Crippen LogP contribution in [0.15, 0.2) is 4.99 Å². The Labute approximate surface area is 67.3 Å². The van der Waals surface area contributed by atoms with Crippen molar-refractivity contribution in [3.05, 3.63) is 0 Å². The fourth-order valence-electron chi connectivity index (χ4n) is 1.22. The van der Waals surface area contributed by atoms with Gasteiger partial charge in [0.25, 0.3) is 0 Å². The maximum atomic E-state index is 4.59. The van der Waals surface area contributed by atoms with Crippen molar-refractivity contribution in [1.82, 2.24) is 0 Å². The Kier molecular flexibility index (Phi) is 2.78. The van der Waals surface area contributed by atoms with Gasteiger partial charge in [-0.2, -0.15) is 0 Å². The molecule has 0 aliphatic carbocycles. The van der Waals surface area contributed by atoms with Gasteiger partial charge in [-0.15, -0.1) is 11.8 Å². The lowest BCUT2D eigenvalue weighted by molar-refractivity contribution is 0.494. The second-order valence-electron chi connectivity index (χ2n) is 3.08. The summed E-state index contributed by atoms with van der Waals surface area (Å²) in [4.78, 5) is 4.59. The third kappa shape index (κ3) is 1.75. The third-order valence-electron chi connectivity index (χ3n) is 1.97. The highest BCUT2D eigenvalue weighted by Crippen LogP contribution is 2.23. The average molecular weight is 157 g/mol. The van der Waals surface area contributed by atoms with Crippen molar-refractivity contribution in [3.63, 3.8) is 0 Å². The van der Waals surface area contributed by atoms with Crippen LogP contribution >= 0.6 is 11.8 Å². The molecule has 1 atom stereocenters. The van der Waals surface area contributed by atoms with Gasteiger partial charge in [-0.3, -0.25) is 4.99 Å². The molecule has 0 N–H and O–H groups in total. The normalized spacial score (nSPS) is 25.6. The summed E-state index contributed by atoms with van der Waals surface area (Å²) < 4.78 is 0. The first-order chi connectivity index (χ1) is 4.74. The minimum absolute atomic E-state index is 0.613. The van der Waals surface area contributed by atoms with Crippen LogP contribution in [-0.4, -0.2) is 17.3 Å². The van der Waals surface area contributed by atoms with Crippen LogP contribution in [0.5, 0.6) is 0 Å². The Hall–Kier alpha value is 0.0200. The van der Waals surface area contributed by atoms with Crippen LogP contribution < -0.4 is 0 Å². The van der Waals surface area contributed by atoms with Gasteiger partial charge in [0, 0.05) is 0 Å². The first kappa shape index (κ1) is 8.12. The molecule has 1 rings (SSSR count). The van der Waals surface area contributed by atoms with Crippen LogP contribution in [0.1, 0.15) is 26.7 Å². The zero-order valence-electron chi connectivity index (χ0n) is 6.92. The van der Waals surface area contributed by atoms with Crippen LogP contribution in [0.4, 0.5) is 0 Å². The van der Waals surface area contributed by atoms with Crippen LogP contribution in [0.25, 0.3) is 0 Å². The van der Waals surface area contributed by atoms with Gasteiger partial charge < -0.3 is 0 Å². The molecule has 58 valence electrons. The fraction of sp³-hybridized carbons (Fsp3) is 0.875. The molecule has 1 unspecified atom stereocenters. The molecule has 0 saturated heterocycles. The van der Waals surface area contributed by atoms with E-state index in [2.05, 4.69) is 25.1 Å². The van der Waals surface area contributed by atoms with E-state index in [1.54, 1.807) is 11.8 Å². The topological polar surface area (TPSA) is 12.4 Å². The highest BCUT2D eigenvalue weighted by molar-refractivity contribution is 8.13. The predicted octanol–water partition coefficient (Wildman–Crippen LogP) is 2.57. The van der Waals surface area contributed by atoms with Gasteiger partial charge in [0.15, 0.2) is 0 Å². The van der Waals surface area contributed by atoms with E-state index < -0.39 is 0 Å². The molecule has 0 aromatic heterocycles. The van der Waals surface area contributed by atoms with E-state index in [0.29, 0.717) is 6.04 Å². The van der Waals surface area contributed by atoms with Crippen molar-refractivity contribution in [2.24, 2.45) is 10.9 Å². The molecule has 1 aliphatic rings. The summed E-state index contributed by atoms with van der Waals surface area (Å²) in [6.07, 6.45) is 4.60. The van der Waals surface area contributed by atoms with Crippen LogP contribution in [-0.2, 0) is 0 Å². The van der Waals surface area contributed by atoms with Gasteiger partial charge in [0.2, 0.25) is 0 Å². The maximum absolute atomic E-state index is 4.59. The molecule has 0 saturated carbocycles. The van der Waals surface area contributed by atoms with E-state index in [9.17, 15) is 0 Å². The van der Waals surface area contributed by atoms with Crippen LogP contribution in [0.2, 0.25) is 0 Å². The molecular weight excluding hydrogens is 142 g/mol. The summed E-state index contributed by atoms with van der Waals surface area (Å²) in [5.41, 5.74) is 0. The van der Waals surface area contributed by atoms with Crippen molar-refractivity contribution < 1.29 is 0 Å². The predicted molar refractivity (Wildman–Crippen MR) is 48.8 cm³/mol. The fourth-order valence-corrected chi connectivity index (χ4v) is 1.79. The van der Waals surface area contributed by atoms with E-state index in [4.69, 9.17) is 0 Å². The minimum atomic E-state index is 0.613. The zero-order valence-corrected chi connectivity index (χ0v) is 7.74.